The van der Waals surface area contributed by atoms with Crippen LogP contribution in [0.2, 0.25) is 0 Å². The number of halogens is 1. The Hall–Kier alpha value is -4.34. The van der Waals surface area contributed by atoms with Crippen molar-refractivity contribution in [2.75, 3.05) is 12.8 Å². The largest absolute Gasteiger partial charge is 0.481 e. The molecule has 0 saturated heterocycles. The molecular formula is C22H19FN8O. The van der Waals surface area contributed by atoms with Gasteiger partial charge in [-0.15, -0.1) is 5.10 Å². The molecule has 0 aliphatic heterocycles. The maximum atomic E-state index is 14.2. The van der Waals surface area contributed by atoms with Crippen molar-refractivity contribution in [2.45, 2.75) is 13.0 Å². The van der Waals surface area contributed by atoms with E-state index < -0.39 is 0 Å². The van der Waals surface area contributed by atoms with Crippen molar-refractivity contribution in [3.05, 3.63) is 72.8 Å². The Morgan fingerprint density at radius 1 is 1.03 bits per heavy atom. The summed E-state index contributed by atoms with van der Waals surface area (Å²) in [5, 5.41) is 9.07. The SMILES string of the molecule is COc1ncccc1-c1cn(C(C)c2cn(-c3ccccc3F)nn2)c2ncnc(N)c12. The quantitative estimate of drug-likeness (QED) is 0.455. The minimum absolute atomic E-state index is 0.274. The molecule has 0 amide bonds. The van der Waals surface area contributed by atoms with Crippen LogP contribution >= 0.6 is 0 Å². The van der Waals surface area contributed by atoms with Gasteiger partial charge in [0.05, 0.1) is 24.7 Å². The Bertz CT molecular complexity index is 1430. The predicted molar refractivity (Wildman–Crippen MR) is 117 cm³/mol. The van der Waals surface area contributed by atoms with Gasteiger partial charge in [0.2, 0.25) is 5.88 Å². The molecule has 1 atom stereocenters. The van der Waals surface area contributed by atoms with Gasteiger partial charge in [-0.05, 0) is 31.2 Å². The molecule has 1 aromatic carbocycles. The minimum atomic E-state index is -0.380. The summed E-state index contributed by atoms with van der Waals surface area (Å²) >= 11 is 0. The van der Waals surface area contributed by atoms with Crippen LogP contribution in [0.1, 0.15) is 18.7 Å². The Labute approximate surface area is 182 Å². The monoisotopic (exact) mass is 430 g/mol. The Morgan fingerprint density at radius 3 is 2.69 bits per heavy atom. The number of anilines is 1. The van der Waals surface area contributed by atoms with Crippen LogP contribution in [0.15, 0.2) is 61.3 Å². The molecule has 10 heteroatoms. The van der Waals surface area contributed by atoms with Gasteiger partial charge in [-0.1, -0.05) is 17.3 Å². The van der Waals surface area contributed by atoms with Crippen LogP contribution in [-0.2, 0) is 0 Å². The van der Waals surface area contributed by atoms with Crippen LogP contribution in [0.5, 0.6) is 5.88 Å². The molecule has 0 fully saturated rings. The van der Waals surface area contributed by atoms with Gasteiger partial charge in [-0.25, -0.2) is 24.0 Å². The van der Waals surface area contributed by atoms with Crippen molar-refractivity contribution >= 4 is 16.9 Å². The first-order valence-electron chi connectivity index (χ1n) is 9.86. The van der Waals surface area contributed by atoms with E-state index in [1.54, 1.807) is 37.7 Å². The fourth-order valence-corrected chi connectivity index (χ4v) is 3.73. The Balaban J connectivity index is 1.64. The second-order valence-corrected chi connectivity index (χ2v) is 7.18. The number of nitrogens with two attached hydrogens (primary N) is 1. The molecule has 0 radical (unpaired) electrons. The van der Waals surface area contributed by atoms with Crippen LogP contribution in [0, 0.1) is 5.82 Å². The molecule has 0 bridgehead atoms. The Morgan fingerprint density at radius 2 is 1.88 bits per heavy atom. The number of hydrogen-bond donors (Lipinski definition) is 1. The van der Waals surface area contributed by atoms with Crippen LogP contribution in [0.25, 0.3) is 27.8 Å². The molecular weight excluding hydrogens is 411 g/mol. The van der Waals surface area contributed by atoms with Gasteiger partial charge < -0.3 is 15.0 Å². The molecule has 0 spiro atoms. The molecule has 0 aliphatic carbocycles. The molecule has 5 rings (SSSR count). The molecule has 4 aromatic heterocycles. The van der Waals surface area contributed by atoms with Crippen LogP contribution in [0.3, 0.4) is 0 Å². The van der Waals surface area contributed by atoms with E-state index in [0.29, 0.717) is 34.1 Å². The first-order chi connectivity index (χ1) is 15.6. The first-order valence-corrected chi connectivity index (χ1v) is 9.86. The summed E-state index contributed by atoms with van der Waals surface area (Å²) in [6.45, 7) is 1.96. The number of hydrogen-bond acceptors (Lipinski definition) is 7. The highest BCUT2D eigenvalue weighted by molar-refractivity contribution is 6.01. The van der Waals surface area contributed by atoms with Gasteiger partial charge in [0.1, 0.15) is 35.0 Å². The molecule has 32 heavy (non-hydrogen) atoms. The lowest BCUT2D eigenvalue weighted by Crippen LogP contribution is -2.07. The third-order valence-corrected chi connectivity index (χ3v) is 5.35. The number of para-hydroxylation sites is 1. The van der Waals surface area contributed by atoms with Crippen molar-refractivity contribution in [1.82, 2.24) is 34.5 Å². The minimum Gasteiger partial charge on any atom is -0.481 e. The van der Waals surface area contributed by atoms with Crippen LogP contribution in [0.4, 0.5) is 10.2 Å². The molecule has 0 aliphatic rings. The molecule has 0 saturated carbocycles. The maximum absolute atomic E-state index is 14.2. The molecule has 5 aromatic rings. The van der Waals surface area contributed by atoms with Crippen molar-refractivity contribution in [3.8, 4) is 22.7 Å². The second kappa shape index (κ2) is 7.73. The summed E-state index contributed by atoms with van der Waals surface area (Å²) in [4.78, 5) is 12.9. The maximum Gasteiger partial charge on any atom is 0.221 e. The molecule has 2 N–H and O–H groups in total. The van der Waals surface area contributed by atoms with Crippen molar-refractivity contribution in [2.24, 2.45) is 0 Å². The van der Waals surface area contributed by atoms with E-state index in [4.69, 9.17) is 10.5 Å². The lowest BCUT2D eigenvalue weighted by atomic mass is 10.1. The van der Waals surface area contributed by atoms with E-state index in [0.717, 1.165) is 11.1 Å². The normalized spacial score (nSPS) is 12.2. The van der Waals surface area contributed by atoms with Gasteiger partial charge in [0.25, 0.3) is 0 Å². The second-order valence-electron chi connectivity index (χ2n) is 7.18. The predicted octanol–water partition coefficient (Wildman–Crippen LogP) is 3.41. The first kappa shape index (κ1) is 19.6. The fraction of sp³-hybridized carbons (Fsp3) is 0.136. The lowest BCUT2D eigenvalue weighted by molar-refractivity contribution is 0.399. The molecule has 4 heterocycles. The highest BCUT2D eigenvalue weighted by Gasteiger charge is 2.23. The van der Waals surface area contributed by atoms with E-state index in [1.165, 1.54) is 17.1 Å². The van der Waals surface area contributed by atoms with Gasteiger partial charge >= 0.3 is 0 Å². The van der Waals surface area contributed by atoms with Crippen LogP contribution < -0.4 is 10.5 Å². The highest BCUT2D eigenvalue weighted by Crippen LogP contribution is 2.38. The van der Waals surface area contributed by atoms with Crippen molar-refractivity contribution in [3.63, 3.8) is 0 Å². The lowest BCUT2D eigenvalue weighted by Gasteiger charge is -2.11. The molecule has 160 valence electrons. The topological polar surface area (TPSA) is 110 Å². The number of aromatic nitrogens is 7. The van der Waals surface area contributed by atoms with E-state index in [2.05, 4.69) is 25.3 Å². The zero-order chi connectivity index (χ0) is 22.2. The summed E-state index contributed by atoms with van der Waals surface area (Å²) in [5.41, 5.74) is 9.37. The van der Waals surface area contributed by atoms with Gasteiger partial charge in [0, 0.05) is 23.5 Å². The zero-order valence-electron chi connectivity index (χ0n) is 17.3. The Kier molecular flexibility index (Phi) is 4.74. The van der Waals surface area contributed by atoms with Crippen molar-refractivity contribution < 1.29 is 9.13 Å². The van der Waals surface area contributed by atoms with E-state index >= 15 is 0 Å². The summed E-state index contributed by atoms with van der Waals surface area (Å²) in [5.74, 6) is 0.430. The van der Waals surface area contributed by atoms with E-state index in [-0.39, 0.29) is 11.9 Å². The number of rotatable bonds is 5. The number of ether oxygens (including phenoxy) is 1. The van der Waals surface area contributed by atoms with Crippen molar-refractivity contribution in [1.29, 1.82) is 0 Å². The third kappa shape index (κ3) is 3.13. The zero-order valence-corrected chi connectivity index (χ0v) is 17.3. The van der Waals surface area contributed by atoms with E-state index in [1.807, 2.05) is 29.8 Å². The number of pyridine rings is 1. The third-order valence-electron chi connectivity index (χ3n) is 5.35. The molecule has 1 unspecified atom stereocenters. The number of nitrogen functional groups attached to an aromatic ring is 1. The number of nitrogens with zero attached hydrogens (tertiary/aromatic N) is 7. The average molecular weight is 430 g/mol. The number of benzene rings is 1. The van der Waals surface area contributed by atoms with Gasteiger partial charge in [-0.3, -0.25) is 0 Å². The van der Waals surface area contributed by atoms with Gasteiger partial charge in [-0.2, -0.15) is 0 Å². The smallest absolute Gasteiger partial charge is 0.221 e. The highest BCUT2D eigenvalue weighted by atomic mass is 19.1. The number of fused-ring (bicyclic) bond motifs is 1. The van der Waals surface area contributed by atoms with E-state index in [9.17, 15) is 4.39 Å². The summed E-state index contributed by atoms with van der Waals surface area (Å²) in [6.07, 6.45) is 6.69. The van der Waals surface area contributed by atoms with Crippen LogP contribution in [-0.4, -0.2) is 41.6 Å². The summed E-state index contributed by atoms with van der Waals surface area (Å²) < 4.78 is 23.0. The van der Waals surface area contributed by atoms with Gasteiger partial charge in [0.15, 0.2) is 0 Å². The summed E-state index contributed by atoms with van der Waals surface area (Å²) in [6, 6.07) is 9.85. The summed E-state index contributed by atoms with van der Waals surface area (Å²) in [7, 11) is 1.56. The average Bonchev–Trinajstić information content (AvgIpc) is 3.45. The molecule has 9 nitrogen and oxygen atoms in total. The fourth-order valence-electron chi connectivity index (χ4n) is 3.73. The number of methoxy groups -OCH3 is 1. The standard InChI is InChI=1S/C22H19FN8O/c1-13(17-11-31(29-28-17)18-8-4-3-7-16(18)23)30-10-15(14-6-5-9-25-22(14)32-2)19-20(24)26-12-27-21(19)30/h3-13H,1-2H3,(H2,24,26,27).